The van der Waals surface area contributed by atoms with Crippen molar-refractivity contribution in [2.75, 3.05) is 46.6 Å². The lowest BCUT2D eigenvalue weighted by atomic mass is 9.33. The number of aliphatic hydroxyl groups is 19. The quantitative estimate of drug-likeness (QED) is 0.0129. The monoisotopic (exact) mass is 1890 g/mol. The molecule has 11 fully saturated rings. The third-order valence-electron chi connectivity index (χ3n) is 31.9. The molecule has 754 valence electrons. The Morgan fingerprint density at radius 3 is 1.76 bits per heavy atom. The van der Waals surface area contributed by atoms with Gasteiger partial charge in [0, 0.05) is 38.3 Å². The number of methoxy groups -OCH3 is 1. The first-order valence-corrected chi connectivity index (χ1v) is 46.6. The molecule has 42 heteroatoms. The zero-order chi connectivity index (χ0) is 96.1. The Morgan fingerprint density at radius 2 is 1.11 bits per heavy atom. The van der Waals surface area contributed by atoms with E-state index in [1.54, 1.807) is 13.8 Å². The maximum absolute atomic E-state index is 16.4. The van der Waals surface area contributed by atoms with E-state index in [1.807, 2.05) is 27.7 Å². The molecule has 12 rings (SSSR count). The van der Waals surface area contributed by atoms with Gasteiger partial charge in [-0.25, -0.2) is 4.79 Å². The molecule has 0 bridgehead atoms. The van der Waals surface area contributed by atoms with Crippen LogP contribution in [0.5, 0.6) is 0 Å². The number of aliphatic hydroxyl groups excluding tert-OH is 19. The SMILES string of the molecule is CCNC[C@@]1(C)C2CC[C@]3(C)C(CC=C4C5CC(C)(C)CC[C@]5(C(=O)OC5OC(O)CC(OC(=O)C[C@@H](O)C[C@H](OC(=O)C[C@@H](O)C[C@H](OC6OC(CO)C(O)C6O)[C@@H](C)CC)[C@@H](C)CC)C5OC5OC(C)C(OC6OCC(O)C(OC)C6O)C(O)C5O)[C@H](O)C[C@]43C)[C@@]2(C)CC[C@@H]1OC1OC(C(=O)O)C(O)C(OC2OCC(O)C(O)C2O)C1OC1OC(CO)C(O)C(O)C1O. The summed E-state index contributed by atoms with van der Waals surface area (Å²) in [7, 11) is 1.25. The Bertz CT molecular complexity index is 3780. The third kappa shape index (κ3) is 21.3. The van der Waals surface area contributed by atoms with Crippen LogP contribution in [0.25, 0.3) is 0 Å². The van der Waals surface area contributed by atoms with Gasteiger partial charge in [0.25, 0.3) is 0 Å². The molecular weight excluding hydrogens is 1740 g/mol. The highest BCUT2D eigenvalue weighted by atomic mass is 16.8. The van der Waals surface area contributed by atoms with Crippen LogP contribution in [-0.4, -0.2) is 400 Å². The highest BCUT2D eigenvalue weighted by molar-refractivity contribution is 5.80. The second-order valence-corrected chi connectivity index (χ2v) is 40.7. The number of esters is 3. The number of rotatable bonds is 35. The number of carboxylic acids is 1. The molecule has 12 aliphatic rings. The summed E-state index contributed by atoms with van der Waals surface area (Å²) >= 11 is 0. The minimum Gasteiger partial charge on any atom is -0.479 e. The van der Waals surface area contributed by atoms with E-state index in [-0.39, 0.29) is 56.5 Å². The molecule has 21 N–H and O–H groups in total. The predicted molar refractivity (Wildman–Crippen MR) is 444 cm³/mol. The maximum Gasteiger partial charge on any atom is 0.335 e. The van der Waals surface area contributed by atoms with Crippen LogP contribution in [0.2, 0.25) is 0 Å². The number of fused-ring (bicyclic) bond motifs is 7. The van der Waals surface area contributed by atoms with Gasteiger partial charge in [0.1, 0.15) is 134 Å². The summed E-state index contributed by atoms with van der Waals surface area (Å²) in [6.45, 7) is 21.7. The number of hydrogen-bond acceptors (Lipinski definition) is 41. The molecule has 0 radical (unpaired) electrons. The van der Waals surface area contributed by atoms with E-state index in [0.29, 0.717) is 64.5 Å². The van der Waals surface area contributed by atoms with Crippen LogP contribution in [0.15, 0.2) is 11.6 Å². The van der Waals surface area contributed by atoms with E-state index in [4.69, 9.17) is 80.5 Å². The Balaban J connectivity index is 0.806. The lowest BCUT2D eigenvalue weighted by Crippen LogP contribution is -2.70. The van der Waals surface area contributed by atoms with Gasteiger partial charge in [-0.05, 0) is 123 Å². The molecule has 0 amide bonds. The molecule has 7 heterocycles. The summed E-state index contributed by atoms with van der Waals surface area (Å²) in [5.41, 5.74) is -4.36. The summed E-state index contributed by atoms with van der Waals surface area (Å²) in [4.78, 5) is 57.9. The summed E-state index contributed by atoms with van der Waals surface area (Å²) in [6, 6.07) is 0. The van der Waals surface area contributed by atoms with Crippen molar-refractivity contribution >= 4 is 23.9 Å². The Labute approximate surface area is 761 Å². The fourth-order valence-corrected chi connectivity index (χ4v) is 23.5. The average Bonchev–Trinajstić information content (AvgIpc) is 1.06. The summed E-state index contributed by atoms with van der Waals surface area (Å²) < 4.78 is 103. The molecule has 34 unspecified atom stereocenters. The first-order valence-electron chi connectivity index (χ1n) is 46.6. The maximum atomic E-state index is 16.4. The summed E-state index contributed by atoms with van der Waals surface area (Å²) in [5, 5.41) is 227. The van der Waals surface area contributed by atoms with Gasteiger partial charge in [-0.2, -0.15) is 0 Å². The van der Waals surface area contributed by atoms with Gasteiger partial charge in [-0.1, -0.05) is 101 Å². The second-order valence-electron chi connectivity index (χ2n) is 40.7. The van der Waals surface area contributed by atoms with Crippen LogP contribution in [0.1, 0.15) is 186 Å². The van der Waals surface area contributed by atoms with Gasteiger partial charge in [0.15, 0.2) is 56.2 Å². The van der Waals surface area contributed by atoms with E-state index in [9.17, 15) is 117 Å². The van der Waals surface area contributed by atoms with E-state index >= 15 is 4.79 Å². The van der Waals surface area contributed by atoms with Crippen LogP contribution in [-0.2, 0) is 99.7 Å². The zero-order valence-corrected chi connectivity index (χ0v) is 76.9. The molecule has 0 spiro atoms. The molecule has 7 aliphatic heterocycles. The molecule has 0 aromatic carbocycles. The number of nitrogens with one attached hydrogen (secondary N) is 1. The van der Waals surface area contributed by atoms with Gasteiger partial charge < -0.3 is 188 Å². The van der Waals surface area contributed by atoms with Gasteiger partial charge in [-0.15, -0.1) is 0 Å². The number of ether oxygens (including phenoxy) is 17. The normalized spacial score (nSPS) is 47.3. The number of carboxylic acid groups (broad SMARTS) is 1. The largest absolute Gasteiger partial charge is 0.479 e. The zero-order valence-electron chi connectivity index (χ0n) is 76.9. The number of carbonyl (C=O) groups excluding carboxylic acids is 3. The average molecular weight is 1890 g/mol. The van der Waals surface area contributed by atoms with Crippen LogP contribution in [0.4, 0.5) is 0 Å². The van der Waals surface area contributed by atoms with Crippen molar-refractivity contribution in [3.05, 3.63) is 11.6 Å². The number of hydrogen-bond donors (Lipinski definition) is 21. The predicted octanol–water partition coefficient (Wildman–Crippen LogP) is -3.13. The molecule has 0 aromatic heterocycles. The minimum atomic E-state index is -2.20. The summed E-state index contributed by atoms with van der Waals surface area (Å²) in [5.74, 6) is -6.53. The van der Waals surface area contributed by atoms with Gasteiger partial charge in [0.05, 0.1) is 75.9 Å². The van der Waals surface area contributed by atoms with Crippen molar-refractivity contribution in [1.29, 1.82) is 0 Å². The number of aliphatic carboxylic acids is 1. The smallest absolute Gasteiger partial charge is 0.335 e. The van der Waals surface area contributed by atoms with E-state index in [0.717, 1.165) is 5.57 Å². The van der Waals surface area contributed by atoms with Crippen molar-refractivity contribution in [3.8, 4) is 0 Å². The first-order chi connectivity index (χ1) is 61.6. The van der Waals surface area contributed by atoms with Crippen molar-refractivity contribution in [2.45, 2.75) is 413 Å². The second kappa shape index (κ2) is 43.2. The fourth-order valence-electron chi connectivity index (χ4n) is 23.5. The third-order valence-corrected chi connectivity index (χ3v) is 31.9. The topological polar surface area (TPSA) is 642 Å². The molecule has 131 heavy (non-hydrogen) atoms. The van der Waals surface area contributed by atoms with Gasteiger partial charge in [-0.3, -0.25) is 14.4 Å². The van der Waals surface area contributed by atoms with Crippen molar-refractivity contribution in [1.82, 2.24) is 5.32 Å². The van der Waals surface area contributed by atoms with Crippen LogP contribution in [0.3, 0.4) is 0 Å². The van der Waals surface area contributed by atoms with Crippen molar-refractivity contribution < 1.29 is 202 Å². The first kappa shape index (κ1) is 106. The summed E-state index contributed by atoms with van der Waals surface area (Å²) in [6.07, 6.45) is -57.4. The standard InChI is InChI=1S/C89H147NO41/c1-14-37(4)46(119-55(98)27-41(94)26-47(38(5)15-2)121-79-64(107)60(103)50(33-92)122-79)25-40(93)28-56(99)120-48-29-57(100)125-81(71(48)127-78-66(109)62(105)69(39(6)118-78)126-77-68(111)70(115-13)45(96)35-117-77)131-83(114)89-24-23-84(7,8)30-43(89)42-17-18-52-85(9)21-20-54(86(10,36-90-16-3)51(85)19-22-87(52,11)88(42,12)31-53(89)97)124-82-74(130-80-65(108)61(104)59(102)49(32-91)123-80)72(67(110)73(129-82)75(112)113)128-76-63(106)58(101)44(95)34-116-76/h17,37-41,43-54,57-74,76-82,90-97,100-111H,14-16,18-36H2,1-13H3,(H,112,113)/t37-,38-,39?,40-,41-,43?,44?,45?,46-,47-,48?,49?,50?,51?,52?,53+,54-,57?,58?,59?,60?,61?,62?,63?,64?,65?,66?,67?,68?,69?,70?,71?,72?,73?,74?,76?,77?,78?,79?,80?,81?,82?,85-,86-,87+,88+,89+/m0/s1. The van der Waals surface area contributed by atoms with Crippen molar-refractivity contribution in [3.63, 3.8) is 0 Å². The van der Waals surface area contributed by atoms with E-state index < -0.39 is 335 Å². The highest BCUT2D eigenvalue weighted by Gasteiger charge is 2.73. The number of carbonyl (C=O) groups is 4. The van der Waals surface area contributed by atoms with Gasteiger partial charge in [0.2, 0.25) is 6.29 Å². The molecule has 0 aromatic rings. The fraction of sp³-hybridized carbons (Fsp3) is 0.933. The van der Waals surface area contributed by atoms with E-state index in [2.05, 4.69) is 46.0 Å². The highest BCUT2D eigenvalue weighted by Crippen LogP contribution is 2.76. The molecular formula is C89H147NO41. The van der Waals surface area contributed by atoms with Crippen LogP contribution in [0, 0.1) is 62.1 Å². The lowest BCUT2D eigenvalue weighted by Gasteiger charge is -2.72. The Morgan fingerprint density at radius 1 is 0.542 bits per heavy atom. The van der Waals surface area contributed by atoms with Crippen LogP contribution >= 0.6 is 0 Å². The minimum absolute atomic E-state index is 0.0143. The van der Waals surface area contributed by atoms with Gasteiger partial charge >= 0.3 is 23.9 Å². The van der Waals surface area contributed by atoms with Crippen LogP contribution < -0.4 is 5.32 Å². The van der Waals surface area contributed by atoms with Crippen molar-refractivity contribution in [2.24, 2.45) is 62.1 Å². The molecule has 5 aliphatic carbocycles. The molecule has 47 atom stereocenters. The Hall–Kier alpha value is -3.74. The molecule has 7 saturated heterocycles. The Kier molecular flexibility index (Phi) is 35.0. The van der Waals surface area contributed by atoms with E-state index in [1.165, 1.54) is 14.0 Å². The molecule has 42 nitrogen and oxygen atoms in total. The number of allylic oxidation sites excluding steroid dienone is 2. The lowest BCUT2D eigenvalue weighted by molar-refractivity contribution is -0.392. The molecule has 4 saturated carbocycles.